The van der Waals surface area contributed by atoms with Crippen molar-refractivity contribution < 1.29 is 22.4 Å². The second-order valence-electron chi connectivity index (χ2n) is 11.0. The molecule has 10 heteroatoms. The molecule has 1 atom stereocenters. The Labute approximate surface area is 247 Å². The average Bonchev–Trinajstić information content (AvgIpc) is 2.88. The van der Waals surface area contributed by atoms with Crippen molar-refractivity contribution in [1.82, 2.24) is 10.2 Å². The summed E-state index contributed by atoms with van der Waals surface area (Å²) < 4.78 is 40.4. The Balaban J connectivity index is 1.91. The summed E-state index contributed by atoms with van der Waals surface area (Å²) in [6, 6.07) is 21.3. The fraction of sp³-hybridized carbons (Fsp3) is 0.355. The molecule has 0 unspecified atom stereocenters. The van der Waals surface area contributed by atoms with Gasteiger partial charge in [-0.05, 0) is 62.6 Å². The van der Waals surface area contributed by atoms with Crippen LogP contribution < -0.4 is 9.62 Å². The number of carbonyl (C=O) groups excluding carboxylic acids is 2. The molecule has 0 spiro atoms. The molecule has 3 aromatic rings. The third-order valence-corrected chi connectivity index (χ3v) is 7.70. The lowest BCUT2D eigenvalue weighted by molar-refractivity contribution is -0.142. The summed E-state index contributed by atoms with van der Waals surface area (Å²) in [5.41, 5.74) is 1.02. The van der Waals surface area contributed by atoms with Crippen LogP contribution in [0.25, 0.3) is 0 Å². The van der Waals surface area contributed by atoms with Gasteiger partial charge in [-0.1, -0.05) is 66.2 Å². The number of nitrogens with zero attached hydrogens (tertiary/aromatic N) is 2. The number of amides is 2. The molecule has 3 rings (SSSR count). The molecule has 0 aliphatic rings. The van der Waals surface area contributed by atoms with E-state index in [1.165, 1.54) is 23.1 Å². The minimum atomic E-state index is -3.81. The van der Waals surface area contributed by atoms with Crippen LogP contribution in [-0.2, 0) is 32.6 Å². The van der Waals surface area contributed by atoms with Gasteiger partial charge < -0.3 is 10.2 Å². The molecule has 1 N–H and O–H groups in total. The van der Waals surface area contributed by atoms with Gasteiger partial charge in [-0.25, -0.2) is 12.8 Å². The van der Waals surface area contributed by atoms with E-state index in [-0.39, 0.29) is 49.9 Å². The summed E-state index contributed by atoms with van der Waals surface area (Å²) >= 11 is 6.22. The van der Waals surface area contributed by atoms with E-state index in [0.29, 0.717) is 5.02 Å². The lowest BCUT2D eigenvalue weighted by Crippen LogP contribution is -2.54. The molecule has 41 heavy (non-hydrogen) atoms. The molecule has 0 aliphatic heterocycles. The molecule has 0 saturated carbocycles. The van der Waals surface area contributed by atoms with Crippen LogP contribution in [0.2, 0.25) is 5.02 Å². The van der Waals surface area contributed by atoms with Gasteiger partial charge in [0.15, 0.2) is 0 Å². The number of rotatable bonds is 12. The number of hydrogen-bond acceptors (Lipinski definition) is 4. The van der Waals surface area contributed by atoms with Gasteiger partial charge >= 0.3 is 0 Å². The number of sulfonamides is 1. The molecule has 0 heterocycles. The van der Waals surface area contributed by atoms with Crippen molar-refractivity contribution in [3.05, 3.63) is 101 Å². The Morgan fingerprint density at radius 2 is 1.59 bits per heavy atom. The Morgan fingerprint density at radius 3 is 2.20 bits per heavy atom. The van der Waals surface area contributed by atoms with Gasteiger partial charge in [0.1, 0.15) is 11.9 Å². The quantitative estimate of drug-likeness (QED) is 0.294. The zero-order valence-corrected chi connectivity index (χ0v) is 25.4. The average molecular weight is 602 g/mol. The van der Waals surface area contributed by atoms with E-state index in [0.717, 1.165) is 21.7 Å². The van der Waals surface area contributed by atoms with E-state index in [1.807, 2.05) is 57.2 Å². The van der Waals surface area contributed by atoms with Gasteiger partial charge in [0.25, 0.3) is 0 Å². The lowest BCUT2D eigenvalue weighted by Gasteiger charge is -2.34. The van der Waals surface area contributed by atoms with Gasteiger partial charge in [-0.15, -0.1) is 0 Å². The van der Waals surface area contributed by atoms with Crippen molar-refractivity contribution in [2.75, 3.05) is 17.1 Å². The van der Waals surface area contributed by atoms with Crippen LogP contribution in [0.15, 0.2) is 78.9 Å². The number of anilines is 1. The predicted octanol–water partition coefficient (Wildman–Crippen LogP) is 5.58. The normalized spacial score (nSPS) is 12.4. The van der Waals surface area contributed by atoms with Crippen molar-refractivity contribution in [1.29, 1.82) is 0 Å². The smallest absolute Gasteiger partial charge is 0.243 e. The van der Waals surface area contributed by atoms with Crippen LogP contribution in [0.1, 0.15) is 44.7 Å². The van der Waals surface area contributed by atoms with E-state index in [9.17, 15) is 22.4 Å². The summed E-state index contributed by atoms with van der Waals surface area (Å²) in [6.45, 7) is 5.63. The first-order valence-electron chi connectivity index (χ1n) is 13.4. The van der Waals surface area contributed by atoms with Crippen molar-refractivity contribution in [2.24, 2.45) is 0 Å². The number of halogens is 2. The zero-order chi connectivity index (χ0) is 30.2. The number of carbonyl (C=O) groups is 2. The molecule has 7 nitrogen and oxygen atoms in total. The fourth-order valence-corrected chi connectivity index (χ4v) is 5.65. The molecule has 0 fully saturated rings. The van der Waals surface area contributed by atoms with Gasteiger partial charge in [0.05, 0.1) is 11.9 Å². The zero-order valence-electron chi connectivity index (χ0n) is 23.8. The molecular weight excluding hydrogens is 565 g/mol. The third-order valence-electron chi connectivity index (χ3n) is 6.28. The summed E-state index contributed by atoms with van der Waals surface area (Å²) in [7, 11) is -3.81. The van der Waals surface area contributed by atoms with E-state index in [1.54, 1.807) is 24.3 Å². The first-order chi connectivity index (χ1) is 19.2. The van der Waals surface area contributed by atoms with Crippen LogP contribution in [0.4, 0.5) is 10.1 Å². The molecule has 0 bridgehead atoms. The third kappa shape index (κ3) is 9.86. The van der Waals surface area contributed by atoms with E-state index in [4.69, 9.17) is 11.6 Å². The highest BCUT2D eigenvalue weighted by atomic mass is 35.5. The maximum atomic E-state index is 14.5. The molecule has 0 saturated heterocycles. The second-order valence-corrected chi connectivity index (χ2v) is 13.3. The monoisotopic (exact) mass is 601 g/mol. The van der Waals surface area contributed by atoms with Crippen LogP contribution in [-0.4, -0.2) is 49.5 Å². The molecule has 2 amide bonds. The largest absolute Gasteiger partial charge is 0.350 e. The van der Waals surface area contributed by atoms with Crippen LogP contribution >= 0.6 is 11.6 Å². The maximum absolute atomic E-state index is 14.5. The van der Waals surface area contributed by atoms with Gasteiger partial charge in [-0.2, -0.15) is 0 Å². The Kier molecular flexibility index (Phi) is 10.9. The van der Waals surface area contributed by atoms with Gasteiger partial charge in [0, 0.05) is 36.5 Å². The lowest BCUT2D eigenvalue weighted by atomic mass is 10.00. The van der Waals surface area contributed by atoms with Crippen molar-refractivity contribution in [3.8, 4) is 0 Å². The van der Waals surface area contributed by atoms with Gasteiger partial charge in [0.2, 0.25) is 21.8 Å². The molecule has 0 aliphatic carbocycles. The summed E-state index contributed by atoms with van der Waals surface area (Å²) in [6.07, 6.45) is 1.33. The summed E-state index contributed by atoms with van der Waals surface area (Å²) in [4.78, 5) is 29.0. The number of nitrogens with one attached hydrogen (secondary N) is 1. The summed E-state index contributed by atoms with van der Waals surface area (Å²) in [5.74, 6) is -1.31. The first-order valence-corrected chi connectivity index (χ1v) is 15.6. The van der Waals surface area contributed by atoms with Crippen molar-refractivity contribution >= 4 is 39.1 Å². The SMILES string of the molecule is CC(C)(C)NC(=O)[C@H](Cc1ccccc1)N(Cc1cccc(Cl)c1)C(=O)CCCN(c1ccccc1F)S(C)(=O)=O. The molecule has 3 aromatic carbocycles. The van der Waals surface area contributed by atoms with Crippen molar-refractivity contribution in [2.45, 2.75) is 58.2 Å². The fourth-order valence-electron chi connectivity index (χ4n) is 4.48. The summed E-state index contributed by atoms with van der Waals surface area (Å²) in [5, 5.41) is 3.51. The minimum absolute atomic E-state index is 0.0604. The number of para-hydroxylation sites is 1. The highest BCUT2D eigenvalue weighted by molar-refractivity contribution is 7.92. The first kappa shape index (κ1) is 32.1. The Hall–Kier alpha value is -3.43. The molecule has 0 radical (unpaired) electrons. The van der Waals surface area contributed by atoms with Crippen LogP contribution in [0.5, 0.6) is 0 Å². The molecule has 0 aromatic heterocycles. The Morgan fingerprint density at radius 1 is 0.951 bits per heavy atom. The number of hydrogen-bond donors (Lipinski definition) is 1. The highest BCUT2D eigenvalue weighted by Crippen LogP contribution is 2.23. The van der Waals surface area contributed by atoms with Crippen LogP contribution in [0.3, 0.4) is 0 Å². The van der Waals surface area contributed by atoms with Crippen LogP contribution in [0, 0.1) is 5.82 Å². The predicted molar refractivity (Wildman–Crippen MR) is 162 cm³/mol. The van der Waals surface area contributed by atoms with E-state index in [2.05, 4.69) is 5.32 Å². The molecular formula is C31H37ClFN3O4S. The second kappa shape index (κ2) is 14.0. The topological polar surface area (TPSA) is 86.8 Å². The molecule has 220 valence electrons. The number of benzene rings is 3. The standard InChI is InChI=1S/C31H37ClFN3O4S/c1-31(2,3)34-30(38)28(21-23-12-6-5-7-13-23)35(22-24-14-10-15-25(32)20-24)29(37)18-11-19-36(41(4,39)40)27-17-9-8-16-26(27)33/h5-10,12-17,20,28H,11,18-19,21-22H2,1-4H3,(H,34,38)/t28-/m0/s1. The van der Waals surface area contributed by atoms with Crippen molar-refractivity contribution in [3.63, 3.8) is 0 Å². The highest BCUT2D eigenvalue weighted by Gasteiger charge is 2.32. The van der Waals surface area contributed by atoms with E-state index < -0.39 is 27.4 Å². The minimum Gasteiger partial charge on any atom is -0.350 e. The Bertz CT molecular complexity index is 1440. The van der Waals surface area contributed by atoms with Gasteiger partial charge in [-0.3, -0.25) is 13.9 Å². The van der Waals surface area contributed by atoms with E-state index >= 15 is 0 Å². The maximum Gasteiger partial charge on any atom is 0.243 e.